The second-order valence-corrected chi connectivity index (χ2v) is 8.28. The SMILES string of the molecule is CCOC(=O)CCCCCCCN1CCCC(/C=N/C(=O)OC(C)(C)C)C1. The molecule has 1 aliphatic rings. The molecule has 0 spiro atoms. The molecule has 0 radical (unpaired) electrons. The molecule has 1 aliphatic heterocycles. The molecule has 0 saturated carbocycles. The van der Waals surface area contributed by atoms with Crippen molar-refractivity contribution in [2.75, 3.05) is 26.2 Å². The number of likely N-dealkylation sites (tertiary alicyclic amines) is 1. The molecule has 1 saturated heterocycles. The number of carbonyl (C=O) groups excluding carboxylic acids is 2. The molecule has 1 fully saturated rings. The molecule has 0 aromatic rings. The number of amides is 1. The second-order valence-electron chi connectivity index (χ2n) is 8.28. The Labute approximate surface area is 164 Å². The zero-order chi connectivity index (χ0) is 20.1. The van der Waals surface area contributed by atoms with Gasteiger partial charge in [-0.1, -0.05) is 19.3 Å². The molecular weight excluding hydrogens is 344 g/mol. The number of hydrogen-bond acceptors (Lipinski definition) is 5. The first-order chi connectivity index (χ1) is 12.8. The van der Waals surface area contributed by atoms with Crippen LogP contribution in [0.3, 0.4) is 0 Å². The van der Waals surface area contributed by atoms with Crippen LogP contribution in [0, 0.1) is 5.92 Å². The Kier molecular flexibility index (Phi) is 11.3. The number of aliphatic imine (C=N–C) groups is 1. The summed E-state index contributed by atoms with van der Waals surface area (Å²) in [6.07, 6.45) is 9.58. The molecular formula is C21H38N2O4. The number of carbonyl (C=O) groups is 2. The zero-order valence-corrected chi connectivity index (χ0v) is 17.7. The van der Waals surface area contributed by atoms with Gasteiger partial charge in [-0.3, -0.25) is 4.79 Å². The Morgan fingerprint density at radius 1 is 1.15 bits per heavy atom. The molecule has 6 nitrogen and oxygen atoms in total. The van der Waals surface area contributed by atoms with Gasteiger partial charge in [-0.25, -0.2) is 4.79 Å². The van der Waals surface area contributed by atoms with Gasteiger partial charge in [-0.2, -0.15) is 4.99 Å². The van der Waals surface area contributed by atoms with E-state index in [-0.39, 0.29) is 5.97 Å². The molecule has 1 heterocycles. The van der Waals surface area contributed by atoms with Crippen molar-refractivity contribution in [2.45, 2.75) is 84.7 Å². The third-order valence-corrected chi connectivity index (χ3v) is 4.49. The summed E-state index contributed by atoms with van der Waals surface area (Å²) in [4.78, 5) is 29.4. The lowest BCUT2D eigenvalue weighted by atomic mass is 9.99. The van der Waals surface area contributed by atoms with Gasteiger partial charge in [-0.15, -0.1) is 0 Å². The highest BCUT2D eigenvalue weighted by Gasteiger charge is 2.19. The van der Waals surface area contributed by atoms with Crippen LogP contribution in [0.25, 0.3) is 0 Å². The highest BCUT2D eigenvalue weighted by molar-refractivity contribution is 5.80. The Morgan fingerprint density at radius 3 is 2.56 bits per heavy atom. The molecule has 1 rings (SSSR count). The van der Waals surface area contributed by atoms with Crippen molar-refractivity contribution in [1.29, 1.82) is 0 Å². The number of piperidine rings is 1. The fraction of sp³-hybridized carbons (Fsp3) is 0.857. The van der Waals surface area contributed by atoms with Crippen LogP contribution >= 0.6 is 0 Å². The lowest BCUT2D eigenvalue weighted by molar-refractivity contribution is -0.143. The van der Waals surface area contributed by atoms with Crippen LogP contribution in [0.1, 0.15) is 79.1 Å². The van der Waals surface area contributed by atoms with E-state index in [4.69, 9.17) is 9.47 Å². The normalized spacial score (nSPS) is 18.6. The van der Waals surface area contributed by atoms with Crippen LogP contribution < -0.4 is 0 Å². The summed E-state index contributed by atoms with van der Waals surface area (Å²) in [5.41, 5.74) is -0.497. The van der Waals surface area contributed by atoms with Gasteiger partial charge < -0.3 is 14.4 Å². The minimum atomic E-state index is -0.498. The number of rotatable bonds is 10. The number of hydrogen-bond donors (Lipinski definition) is 0. The van der Waals surface area contributed by atoms with Crippen molar-refractivity contribution in [3.63, 3.8) is 0 Å². The topological polar surface area (TPSA) is 68.2 Å². The van der Waals surface area contributed by atoms with E-state index in [1.54, 1.807) is 6.21 Å². The first-order valence-corrected chi connectivity index (χ1v) is 10.5. The average Bonchev–Trinajstić information content (AvgIpc) is 2.58. The highest BCUT2D eigenvalue weighted by atomic mass is 16.6. The first-order valence-electron chi connectivity index (χ1n) is 10.5. The van der Waals surface area contributed by atoms with Crippen LogP contribution in [-0.2, 0) is 14.3 Å². The van der Waals surface area contributed by atoms with Crippen LogP contribution in [0.5, 0.6) is 0 Å². The van der Waals surface area contributed by atoms with Crippen molar-refractivity contribution in [2.24, 2.45) is 10.9 Å². The third kappa shape index (κ3) is 12.6. The van der Waals surface area contributed by atoms with Gasteiger partial charge in [0.25, 0.3) is 0 Å². The van der Waals surface area contributed by atoms with Gasteiger partial charge in [0, 0.05) is 25.1 Å². The lowest BCUT2D eigenvalue weighted by Crippen LogP contribution is -2.36. The molecule has 1 amide bonds. The quantitative estimate of drug-likeness (QED) is 0.313. The molecule has 27 heavy (non-hydrogen) atoms. The molecule has 0 aliphatic carbocycles. The van der Waals surface area contributed by atoms with Crippen LogP contribution in [0.2, 0.25) is 0 Å². The predicted molar refractivity (Wildman–Crippen MR) is 108 cm³/mol. The Bertz CT molecular complexity index is 471. The van der Waals surface area contributed by atoms with Gasteiger partial charge in [0.1, 0.15) is 5.60 Å². The Balaban J connectivity index is 2.13. The molecule has 0 aromatic carbocycles. The van der Waals surface area contributed by atoms with Crippen molar-refractivity contribution in [1.82, 2.24) is 4.90 Å². The standard InChI is InChI=1S/C21H38N2O4/c1-5-26-19(24)13-9-7-6-8-10-14-23-15-11-12-18(17-23)16-22-20(25)27-21(2,3)4/h16,18H,5-15,17H2,1-4H3/b22-16+. The van der Waals surface area contributed by atoms with E-state index in [1.165, 1.54) is 12.8 Å². The summed E-state index contributed by atoms with van der Waals surface area (Å²) in [5, 5.41) is 0. The average molecular weight is 383 g/mol. The fourth-order valence-electron chi connectivity index (χ4n) is 3.24. The maximum absolute atomic E-state index is 11.7. The van der Waals surface area contributed by atoms with Crippen LogP contribution in [0.4, 0.5) is 4.79 Å². The minimum absolute atomic E-state index is 0.0788. The predicted octanol–water partition coefficient (Wildman–Crippen LogP) is 4.61. The second kappa shape index (κ2) is 12.9. The molecule has 1 unspecified atom stereocenters. The van der Waals surface area contributed by atoms with Crippen molar-refractivity contribution in [3.8, 4) is 0 Å². The Morgan fingerprint density at radius 2 is 1.85 bits per heavy atom. The van der Waals surface area contributed by atoms with E-state index < -0.39 is 11.7 Å². The lowest BCUT2D eigenvalue weighted by Gasteiger charge is -2.30. The van der Waals surface area contributed by atoms with E-state index in [0.717, 1.165) is 51.7 Å². The van der Waals surface area contributed by atoms with E-state index in [1.807, 2.05) is 27.7 Å². The summed E-state index contributed by atoms with van der Waals surface area (Å²) in [7, 11) is 0. The highest BCUT2D eigenvalue weighted by Crippen LogP contribution is 2.16. The van der Waals surface area contributed by atoms with E-state index in [2.05, 4.69) is 9.89 Å². The Hall–Kier alpha value is -1.43. The van der Waals surface area contributed by atoms with E-state index in [0.29, 0.717) is 18.9 Å². The smallest absolute Gasteiger partial charge is 0.433 e. The maximum Gasteiger partial charge on any atom is 0.433 e. The summed E-state index contributed by atoms with van der Waals surface area (Å²) in [6, 6.07) is 0. The van der Waals surface area contributed by atoms with Gasteiger partial charge in [0.05, 0.1) is 6.61 Å². The molecule has 1 atom stereocenters. The van der Waals surface area contributed by atoms with Crippen molar-refractivity contribution < 1.29 is 19.1 Å². The van der Waals surface area contributed by atoms with Crippen molar-refractivity contribution in [3.05, 3.63) is 0 Å². The summed E-state index contributed by atoms with van der Waals surface area (Å²) < 4.78 is 10.1. The molecule has 6 heteroatoms. The van der Waals surface area contributed by atoms with E-state index in [9.17, 15) is 9.59 Å². The number of esters is 1. The zero-order valence-electron chi connectivity index (χ0n) is 17.7. The molecule has 0 aromatic heterocycles. The van der Waals surface area contributed by atoms with Gasteiger partial charge in [-0.05, 0) is 66.5 Å². The van der Waals surface area contributed by atoms with E-state index >= 15 is 0 Å². The van der Waals surface area contributed by atoms with Gasteiger partial charge in [0.2, 0.25) is 0 Å². The third-order valence-electron chi connectivity index (χ3n) is 4.49. The minimum Gasteiger partial charge on any atom is -0.466 e. The number of ether oxygens (including phenoxy) is 2. The molecule has 0 N–H and O–H groups in total. The summed E-state index contributed by atoms with van der Waals surface area (Å²) in [6.45, 7) is 11.0. The first kappa shape index (κ1) is 23.6. The maximum atomic E-state index is 11.7. The van der Waals surface area contributed by atoms with Gasteiger partial charge in [0.15, 0.2) is 0 Å². The number of unbranched alkanes of at least 4 members (excludes halogenated alkanes) is 4. The summed E-state index contributed by atoms with van der Waals surface area (Å²) in [5.74, 6) is 0.251. The number of nitrogens with zero attached hydrogens (tertiary/aromatic N) is 2. The van der Waals surface area contributed by atoms with Crippen LogP contribution in [0.15, 0.2) is 4.99 Å². The van der Waals surface area contributed by atoms with Crippen LogP contribution in [-0.4, -0.2) is 55.0 Å². The largest absolute Gasteiger partial charge is 0.466 e. The molecule has 0 bridgehead atoms. The monoisotopic (exact) mass is 382 g/mol. The fourth-order valence-corrected chi connectivity index (χ4v) is 3.24. The van der Waals surface area contributed by atoms with Gasteiger partial charge >= 0.3 is 12.1 Å². The van der Waals surface area contributed by atoms with Crippen molar-refractivity contribution >= 4 is 18.3 Å². The molecule has 156 valence electrons. The summed E-state index contributed by atoms with van der Waals surface area (Å²) >= 11 is 0.